The van der Waals surface area contributed by atoms with Crippen LogP contribution in [-0.2, 0) is 0 Å². The third kappa shape index (κ3) is 7.10. The highest BCUT2D eigenvalue weighted by molar-refractivity contribution is 5.91. The summed E-state index contributed by atoms with van der Waals surface area (Å²) >= 11 is 0. The van der Waals surface area contributed by atoms with Gasteiger partial charge in [0.1, 0.15) is 22.9 Å². The van der Waals surface area contributed by atoms with Crippen LogP contribution in [0.3, 0.4) is 0 Å². The number of pyridine rings is 2. The molecular weight excluding hydrogens is 652 g/mol. The number of hydrogen-bond donors (Lipinski definition) is 2. The second-order valence-electron chi connectivity index (χ2n) is 11.8. The minimum atomic E-state index is -1.13. The fourth-order valence-corrected chi connectivity index (χ4v) is 6.26. The highest BCUT2D eigenvalue weighted by Gasteiger charge is 2.32. The summed E-state index contributed by atoms with van der Waals surface area (Å²) in [5.41, 5.74) is 12.7. The Kier molecular flexibility index (Phi) is 9.20. The number of non-ortho nitro benzene ring substituents is 2. The molecule has 0 radical (unpaired) electrons. The largest absolute Gasteiger partial charge is 0.519 e. The van der Waals surface area contributed by atoms with Crippen molar-refractivity contribution in [2.75, 3.05) is 36.0 Å². The second kappa shape index (κ2) is 13.8. The zero-order valence-electron chi connectivity index (χ0n) is 26.3. The van der Waals surface area contributed by atoms with Crippen LogP contribution in [-0.4, -0.2) is 64.0 Å². The molecule has 2 aromatic carbocycles. The summed E-state index contributed by atoms with van der Waals surface area (Å²) in [6, 6.07) is 14.3. The number of primary amides is 2. The number of rotatable bonds is 10. The highest BCUT2D eigenvalue weighted by Crippen LogP contribution is 2.40. The highest BCUT2D eigenvalue weighted by atomic mass is 16.7. The zero-order chi connectivity index (χ0) is 35.5. The molecule has 50 heavy (non-hydrogen) atoms. The van der Waals surface area contributed by atoms with E-state index in [1.54, 1.807) is 12.1 Å². The number of carbonyl (C=O) groups excluding carboxylic acids is 3. The lowest BCUT2D eigenvalue weighted by molar-refractivity contribution is -0.385. The minimum absolute atomic E-state index is 0.0667. The number of anilines is 2. The fraction of sp³-hybridized carbons (Fsp3) is 0.242. The van der Waals surface area contributed by atoms with Gasteiger partial charge in [-0.1, -0.05) is 0 Å². The maximum Gasteiger partial charge on any atom is 0.519 e. The van der Waals surface area contributed by atoms with Crippen molar-refractivity contribution < 1.29 is 33.7 Å². The van der Waals surface area contributed by atoms with Crippen LogP contribution in [0.2, 0.25) is 0 Å². The standard InChI is InChI=1S/C33H30N8O9/c34-31(42)27-5-1-23(15-36-27)38-11-9-19(17-38)25-13-21(40(45)46)3-7-29(25)49-33(44)50-30-8-4-22(41(47)48)14-26(30)20-10-12-39(18-20)24-2-6-28(32(35)43)37-16-24/h1-8,13-16,19-20H,9-12,17-18H2,(H2,34,42)(H2,35,43). The van der Waals surface area contributed by atoms with Gasteiger partial charge < -0.3 is 30.7 Å². The van der Waals surface area contributed by atoms with Crippen molar-refractivity contribution in [3.05, 3.63) is 116 Å². The van der Waals surface area contributed by atoms with Gasteiger partial charge in [0.2, 0.25) is 0 Å². The number of ether oxygens (including phenoxy) is 2. The Bertz CT molecular complexity index is 1850. The lowest BCUT2D eigenvalue weighted by Crippen LogP contribution is -2.21. The van der Waals surface area contributed by atoms with Crippen LogP contribution < -0.4 is 30.7 Å². The van der Waals surface area contributed by atoms with Crippen LogP contribution in [0.15, 0.2) is 73.1 Å². The number of aromatic nitrogens is 2. The predicted molar refractivity (Wildman–Crippen MR) is 177 cm³/mol. The van der Waals surface area contributed by atoms with E-state index in [0.29, 0.717) is 50.1 Å². The molecule has 17 heteroatoms. The molecule has 2 aliphatic rings. The van der Waals surface area contributed by atoms with Gasteiger partial charge in [-0.25, -0.2) is 14.8 Å². The molecular formula is C33H30N8O9. The van der Waals surface area contributed by atoms with Gasteiger partial charge in [0.15, 0.2) is 0 Å². The Morgan fingerprint density at radius 2 is 1.10 bits per heavy atom. The van der Waals surface area contributed by atoms with Gasteiger partial charge in [0, 0.05) is 73.4 Å². The molecule has 0 bridgehead atoms. The predicted octanol–water partition coefficient (Wildman–Crippen LogP) is 4.06. The van der Waals surface area contributed by atoms with Gasteiger partial charge in [-0.3, -0.25) is 29.8 Å². The summed E-state index contributed by atoms with van der Waals surface area (Å²) in [4.78, 5) is 70.5. The van der Waals surface area contributed by atoms with E-state index in [4.69, 9.17) is 20.9 Å². The summed E-state index contributed by atoms with van der Waals surface area (Å²) < 4.78 is 11.3. The fourth-order valence-electron chi connectivity index (χ4n) is 6.26. The zero-order valence-corrected chi connectivity index (χ0v) is 26.3. The van der Waals surface area contributed by atoms with Gasteiger partial charge >= 0.3 is 6.16 Å². The van der Waals surface area contributed by atoms with E-state index in [2.05, 4.69) is 9.97 Å². The summed E-state index contributed by atoms with van der Waals surface area (Å²) in [5.74, 6) is -1.73. The van der Waals surface area contributed by atoms with Crippen LogP contribution >= 0.6 is 0 Å². The molecule has 2 atom stereocenters. The van der Waals surface area contributed by atoms with Crippen LogP contribution in [0, 0.1) is 20.2 Å². The molecule has 2 unspecified atom stereocenters. The summed E-state index contributed by atoms with van der Waals surface area (Å²) in [7, 11) is 0. The topological polar surface area (TPSA) is 240 Å². The van der Waals surface area contributed by atoms with E-state index in [9.17, 15) is 34.6 Å². The van der Waals surface area contributed by atoms with Crippen molar-refractivity contribution in [2.24, 2.45) is 11.5 Å². The molecule has 2 aliphatic heterocycles. The van der Waals surface area contributed by atoms with E-state index in [-0.39, 0.29) is 46.1 Å². The third-order valence-electron chi connectivity index (χ3n) is 8.78. The van der Waals surface area contributed by atoms with Crippen LogP contribution in [0.1, 0.15) is 56.8 Å². The molecule has 4 aromatic rings. The second-order valence-corrected chi connectivity index (χ2v) is 11.8. The van der Waals surface area contributed by atoms with Crippen molar-refractivity contribution in [3.63, 3.8) is 0 Å². The van der Waals surface area contributed by atoms with E-state index in [0.717, 1.165) is 11.4 Å². The number of nitro benzene ring substituents is 2. The Balaban J connectivity index is 1.21. The molecule has 0 spiro atoms. The van der Waals surface area contributed by atoms with Gasteiger partial charge in [-0.2, -0.15) is 0 Å². The Morgan fingerprint density at radius 1 is 0.680 bits per heavy atom. The maximum absolute atomic E-state index is 13.3. The molecule has 4 N–H and O–H groups in total. The first kappa shape index (κ1) is 33.3. The first-order valence-corrected chi connectivity index (χ1v) is 15.4. The number of amides is 2. The van der Waals surface area contributed by atoms with E-state index < -0.39 is 27.8 Å². The van der Waals surface area contributed by atoms with Crippen LogP contribution in [0.4, 0.5) is 27.5 Å². The first-order chi connectivity index (χ1) is 24.0. The van der Waals surface area contributed by atoms with E-state index in [1.807, 2.05) is 9.80 Å². The van der Waals surface area contributed by atoms with E-state index >= 15 is 0 Å². The van der Waals surface area contributed by atoms with Crippen molar-refractivity contribution in [1.29, 1.82) is 0 Å². The number of benzene rings is 2. The van der Waals surface area contributed by atoms with Gasteiger partial charge in [-0.05, 0) is 49.2 Å². The summed E-state index contributed by atoms with van der Waals surface area (Å²) in [6.45, 7) is 1.95. The molecule has 256 valence electrons. The van der Waals surface area contributed by atoms with E-state index in [1.165, 1.54) is 60.9 Å². The summed E-state index contributed by atoms with van der Waals surface area (Å²) in [5, 5.41) is 23.3. The Labute approximate surface area is 283 Å². The smallest absolute Gasteiger partial charge is 0.394 e. The Hall–Kier alpha value is -6.65. The SMILES string of the molecule is NC(=O)c1ccc(N2CCC(c3cc([N+](=O)[O-])ccc3OC(=O)Oc3ccc([N+](=O)[O-])cc3C3CCN(c4ccc(C(N)=O)nc4)C3)C2)cn1. The minimum Gasteiger partial charge on any atom is -0.394 e. The maximum atomic E-state index is 13.3. The first-order valence-electron chi connectivity index (χ1n) is 15.4. The normalized spacial score (nSPS) is 17.0. The van der Waals surface area contributed by atoms with Crippen molar-refractivity contribution in [3.8, 4) is 11.5 Å². The number of carbonyl (C=O) groups is 3. The molecule has 2 saturated heterocycles. The molecule has 2 fully saturated rings. The molecule has 2 amide bonds. The molecule has 6 rings (SSSR count). The van der Waals surface area contributed by atoms with Crippen molar-refractivity contribution in [2.45, 2.75) is 24.7 Å². The van der Waals surface area contributed by atoms with Gasteiger partial charge in [0.05, 0.1) is 33.6 Å². The quantitative estimate of drug-likeness (QED) is 0.104. The van der Waals surface area contributed by atoms with Crippen LogP contribution in [0.25, 0.3) is 0 Å². The molecule has 0 saturated carbocycles. The van der Waals surface area contributed by atoms with Crippen molar-refractivity contribution in [1.82, 2.24) is 9.97 Å². The molecule has 17 nitrogen and oxygen atoms in total. The Morgan fingerprint density at radius 3 is 1.44 bits per heavy atom. The third-order valence-corrected chi connectivity index (χ3v) is 8.78. The number of nitrogens with two attached hydrogens (primary N) is 2. The number of hydrogen-bond acceptors (Lipinski definition) is 13. The van der Waals surface area contributed by atoms with Crippen molar-refractivity contribution >= 4 is 40.7 Å². The lowest BCUT2D eigenvalue weighted by Gasteiger charge is -2.20. The lowest BCUT2D eigenvalue weighted by atomic mass is 9.96. The van der Waals surface area contributed by atoms with Crippen LogP contribution in [0.5, 0.6) is 11.5 Å². The number of nitrogens with zero attached hydrogens (tertiary/aromatic N) is 6. The number of nitro groups is 2. The average molecular weight is 683 g/mol. The molecule has 0 aliphatic carbocycles. The van der Waals surface area contributed by atoms with Gasteiger partial charge in [-0.15, -0.1) is 0 Å². The summed E-state index contributed by atoms with van der Waals surface area (Å²) in [6.07, 6.45) is 3.04. The molecule has 2 aromatic heterocycles. The van der Waals surface area contributed by atoms with Gasteiger partial charge in [0.25, 0.3) is 23.2 Å². The average Bonchev–Trinajstić information content (AvgIpc) is 3.80. The monoisotopic (exact) mass is 682 g/mol. The molecule has 4 heterocycles.